The molecule has 5 amide bonds. The smallest absolute Gasteiger partial charge is 0.303 e. The zero-order valence-electron chi connectivity index (χ0n) is 25.2. The molecule has 43 heavy (non-hydrogen) atoms. The van der Waals surface area contributed by atoms with E-state index in [-0.39, 0.29) is 31.1 Å². The molecule has 0 saturated carbocycles. The molecule has 3 rings (SSSR count). The molecule has 0 aliphatic carbocycles. The predicted octanol–water partition coefficient (Wildman–Crippen LogP) is 0.735. The maximum absolute atomic E-state index is 13.7. The van der Waals surface area contributed by atoms with Gasteiger partial charge in [0.1, 0.15) is 30.2 Å². The Bertz CT molecular complexity index is 1350. The SMILES string of the molecule is CC(C)C[C@@H]1NC(=O)[C@@H](C(C)C)NC(=O)[C@H](C)NC(=O)[C@@H](CCC(=O)O)NC(=O)[C@H](Cc2c[nH]c3ccccc23)NC1=O. The lowest BCUT2D eigenvalue weighted by Crippen LogP contribution is -2.59. The average molecular weight is 599 g/mol. The molecule has 2 heterocycles. The van der Waals surface area contributed by atoms with Crippen LogP contribution < -0.4 is 26.6 Å². The Morgan fingerprint density at radius 1 is 0.791 bits per heavy atom. The summed E-state index contributed by atoms with van der Waals surface area (Å²) >= 11 is 0. The molecular formula is C30H42N6O7. The van der Waals surface area contributed by atoms with Crippen LogP contribution in [0.3, 0.4) is 0 Å². The van der Waals surface area contributed by atoms with Gasteiger partial charge in [-0.3, -0.25) is 28.8 Å². The quantitative estimate of drug-likeness (QED) is 0.232. The van der Waals surface area contributed by atoms with Crippen molar-refractivity contribution in [2.24, 2.45) is 11.8 Å². The zero-order valence-corrected chi connectivity index (χ0v) is 25.2. The van der Waals surface area contributed by atoms with Gasteiger partial charge in [0, 0.05) is 29.9 Å². The fourth-order valence-electron chi connectivity index (χ4n) is 4.97. The summed E-state index contributed by atoms with van der Waals surface area (Å²) in [6, 6.07) is 1.82. The number of para-hydroxylation sites is 1. The molecule has 1 fully saturated rings. The molecule has 1 aromatic heterocycles. The van der Waals surface area contributed by atoms with E-state index >= 15 is 0 Å². The van der Waals surface area contributed by atoms with Crippen LogP contribution in [0.15, 0.2) is 30.5 Å². The maximum Gasteiger partial charge on any atom is 0.303 e. The third-order valence-corrected chi connectivity index (χ3v) is 7.35. The lowest BCUT2D eigenvalue weighted by molar-refractivity contribution is -0.138. The maximum atomic E-state index is 13.7. The number of carboxylic acids is 1. The van der Waals surface area contributed by atoms with E-state index < -0.39 is 72.1 Å². The summed E-state index contributed by atoms with van der Waals surface area (Å²) < 4.78 is 0. The van der Waals surface area contributed by atoms with Crippen LogP contribution in [0, 0.1) is 11.8 Å². The first-order chi connectivity index (χ1) is 20.3. The van der Waals surface area contributed by atoms with Crippen LogP contribution in [0.4, 0.5) is 0 Å². The van der Waals surface area contributed by atoms with Gasteiger partial charge in [-0.15, -0.1) is 0 Å². The van der Waals surface area contributed by atoms with Crippen LogP contribution in [0.25, 0.3) is 10.9 Å². The first-order valence-electron chi connectivity index (χ1n) is 14.5. The standard InChI is InChI=1S/C30H42N6O7/c1-15(2)12-22-28(41)34-23(13-18-14-31-20-9-7-6-8-19(18)20)29(42)33-21(10-11-24(37)38)27(40)32-17(5)26(39)36-25(16(3)4)30(43)35-22/h6-9,14-17,21-23,25,31H,10-13H2,1-5H3,(H,32,40)(H,33,42)(H,34,41)(H,35,43)(H,36,39)(H,37,38)/t17-,21+,22-,23-,25+/m0/s1. The van der Waals surface area contributed by atoms with Crippen molar-refractivity contribution < 1.29 is 33.9 Å². The number of H-pyrrole nitrogens is 1. The third kappa shape index (κ3) is 9.03. The first-order valence-corrected chi connectivity index (χ1v) is 14.5. The van der Waals surface area contributed by atoms with Gasteiger partial charge in [0.25, 0.3) is 0 Å². The average Bonchev–Trinajstić information content (AvgIpc) is 3.34. The lowest BCUT2D eigenvalue weighted by Gasteiger charge is -2.27. The van der Waals surface area contributed by atoms with Gasteiger partial charge in [0.2, 0.25) is 29.5 Å². The van der Waals surface area contributed by atoms with E-state index in [1.165, 1.54) is 6.92 Å². The van der Waals surface area contributed by atoms with E-state index in [9.17, 15) is 33.9 Å². The van der Waals surface area contributed by atoms with Gasteiger partial charge in [-0.25, -0.2) is 0 Å². The van der Waals surface area contributed by atoms with Crippen molar-refractivity contribution in [1.82, 2.24) is 31.6 Å². The number of aliphatic carboxylic acids is 1. The minimum atomic E-state index is -1.31. The predicted molar refractivity (Wildman–Crippen MR) is 158 cm³/mol. The summed E-state index contributed by atoms with van der Waals surface area (Å²) in [5.41, 5.74) is 1.56. The molecule has 0 spiro atoms. The van der Waals surface area contributed by atoms with E-state index in [1.807, 2.05) is 38.1 Å². The monoisotopic (exact) mass is 598 g/mol. The van der Waals surface area contributed by atoms with E-state index in [0.717, 1.165) is 16.5 Å². The van der Waals surface area contributed by atoms with Gasteiger partial charge in [-0.1, -0.05) is 45.9 Å². The number of aromatic nitrogens is 1. The highest BCUT2D eigenvalue weighted by Gasteiger charge is 2.35. The molecule has 5 atom stereocenters. The number of nitrogens with one attached hydrogen (secondary N) is 6. The van der Waals surface area contributed by atoms with E-state index in [4.69, 9.17) is 0 Å². The first kappa shape index (κ1) is 33.1. The Hall–Kier alpha value is -4.42. The third-order valence-electron chi connectivity index (χ3n) is 7.35. The molecule has 0 radical (unpaired) electrons. The van der Waals surface area contributed by atoms with E-state index in [1.54, 1.807) is 20.0 Å². The van der Waals surface area contributed by atoms with Crippen LogP contribution in [0.1, 0.15) is 59.4 Å². The van der Waals surface area contributed by atoms with Crippen molar-refractivity contribution in [2.45, 2.75) is 90.5 Å². The molecule has 234 valence electrons. The van der Waals surface area contributed by atoms with Gasteiger partial charge in [-0.2, -0.15) is 0 Å². The summed E-state index contributed by atoms with van der Waals surface area (Å²) in [6.07, 6.45) is 1.36. The van der Waals surface area contributed by atoms with E-state index in [0.29, 0.717) is 0 Å². The zero-order chi connectivity index (χ0) is 31.8. The summed E-state index contributed by atoms with van der Waals surface area (Å²) in [7, 11) is 0. The molecule has 0 bridgehead atoms. The number of hydrogen-bond acceptors (Lipinski definition) is 6. The minimum Gasteiger partial charge on any atom is -0.481 e. The van der Waals surface area contributed by atoms with Crippen LogP contribution in [-0.4, -0.2) is 75.8 Å². The molecule has 1 aromatic carbocycles. The van der Waals surface area contributed by atoms with Crippen molar-refractivity contribution in [3.63, 3.8) is 0 Å². The summed E-state index contributed by atoms with van der Waals surface area (Å²) in [5.74, 6) is -4.85. The Morgan fingerprint density at radius 2 is 1.40 bits per heavy atom. The second kappa shape index (κ2) is 14.7. The topological polar surface area (TPSA) is 199 Å². The number of fused-ring (bicyclic) bond motifs is 1. The molecule has 1 saturated heterocycles. The number of benzene rings is 1. The fourth-order valence-corrected chi connectivity index (χ4v) is 4.97. The van der Waals surface area contributed by atoms with Crippen LogP contribution >= 0.6 is 0 Å². The number of amides is 5. The Kier molecular flexibility index (Phi) is 11.3. The van der Waals surface area contributed by atoms with Crippen molar-refractivity contribution >= 4 is 46.4 Å². The summed E-state index contributed by atoms with van der Waals surface area (Å²) in [5, 5.41) is 23.4. The molecule has 13 heteroatoms. The summed E-state index contributed by atoms with van der Waals surface area (Å²) in [4.78, 5) is 81.4. The Labute approximate surface area is 250 Å². The summed E-state index contributed by atoms with van der Waals surface area (Å²) in [6.45, 7) is 8.67. The van der Waals surface area contributed by atoms with Crippen LogP contribution in [-0.2, 0) is 35.2 Å². The second-order valence-electron chi connectivity index (χ2n) is 11.8. The van der Waals surface area contributed by atoms with E-state index in [2.05, 4.69) is 31.6 Å². The molecular weight excluding hydrogens is 556 g/mol. The van der Waals surface area contributed by atoms with Gasteiger partial charge in [-0.05, 0) is 43.2 Å². The number of aromatic amines is 1. The van der Waals surface area contributed by atoms with Gasteiger partial charge in [0.15, 0.2) is 0 Å². The normalized spacial score (nSPS) is 24.4. The van der Waals surface area contributed by atoms with Crippen molar-refractivity contribution in [2.75, 3.05) is 0 Å². The number of carboxylic acid groups (broad SMARTS) is 1. The lowest BCUT2D eigenvalue weighted by atomic mass is 9.98. The number of hydrogen-bond donors (Lipinski definition) is 7. The van der Waals surface area contributed by atoms with Gasteiger partial charge in [0.05, 0.1) is 0 Å². The number of rotatable bonds is 8. The molecule has 1 aliphatic rings. The largest absolute Gasteiger partial charge is 0.481 e. The highest BCUT2D eigenvalue weighted by Crippen LogP contribution is 2.20. The minimum absolute atomic E-state index is 0.00615. The second-order valence-corrected chi connectivity index (χ2v) is 11.8. The highest BCUT2D eigenvalue weighted by molar-refractivity contribution is 5.98. The molecule has 13 nitrogen and oxygen atoms in total. The van der Waals surface area contributed by atoms with Crippen molar-refractivity contribution in [1.29, 1.82) is 0 Å². The molecule has 1 aliphatic heterocycles. The van der Waals surface area contributed by atoms with Crippen LogP contribution in [0.5, 0.6) is 0 Å². The highest BCUT2D eigenvalue weighted by atomic mass is 16.4. The molecule has 7 N–H and O–H groups in total. The van der Waals surface area contributed by atoms with Crippen molar-refractivity contribution in [3.05, 3.63) is 36.0 Å². The van der Waals surface area contributed by atoms with Gasteiger partial charge >= 0.3 is 5.97 Å². The van der Waals surface area contributed by atoms with Gasteiger partial charge < -0.3 is 36.7 Å². The fraction of sp³-hybridized carbons (Fsp3) is 0.533. The Morgan fingerprint density at radius 3 is 2.05 bits per heavy atom. The molecule has 2 aromatic rings. The Balaban J connectivity index is 2.04. The van der Waals surface area contributed by atoms with Crippen LogP contribution in [0.2, 0.25) is 0 Å². The number of carbonyl (C=O) groups is 6. The van der Waals surface area contributed by atoms with Crippen molar-refractivity contribution in [3.8, 4) is 0 Å². The number of carbonyl (C=O) groups excluding carboxylic acids is 5. The molecule has 0 unspecified atom stereocenters.